The highest BCUT2D eigenvalue weighted by Gasteiger charge is 2.29. The van der Waals surface area contributed by atoms with Crippen molar-refractivity contribution in [2.75, 3.05) is 19.4 Å². The molecule has 0 N–H and O–H groups in total. The van der Waals surface area contributed by atoms with Gasteiger partial charge in [-0.05, 0) is 43.0 Å². The van der Waals surface area contributed by atoms with Gasteiger partial charge in [-0.2, -0.15) is 5.26 Å². The van der Waals surface area contributed by atoms with Gasteiger partial charge in [0.05, 0.1) is 16.6 Å². The van der Waals surface area contributed by atoms with Gasteiger partial charge in [-0.3, -0.25) is 0 Å². The van der Waals surface area contributed by atoms with Crippen LogP contribution in [0.25, 0.3) is 0 Å². The zero-order chi connectivity index (χ0) is 18.4. The Bertz CT molecular complexity index is 814. The van der Waals surface area contributed by atoms with Crippen LogP contribution in [0, 0.1) is 11.3 Å². The molecular weight excluding hydrogens is 364 g/mol. The Balaban J connectivity index is 2.10. The molecule has 0 spiro atoms. The van der Waals surface area contributed by atoms with Crippen molar-refractivity contribution in [3.63, 3.8) is 0 Å². The molecule has 2 rings (SSSR count). The molecule has 1 aliphatic heterocycles. The minimum atomic E-state index is -3.24. The van der Waals surface area contributed by atoms with E-state index >= 15 is 0 Å². The van der Waals surface area contributed by atoms with Gasteiger partial charge in [0.1, 0.15) is 12.7 Å². The Hall–Kier alpha value is -2.04. The summed E-state index contributed by atoms with van der Waals surface area (Å²) in [6.45, 7) is 0.445. The zero-order valence-electron chi connectivity index (χ0n) is 13.8. The molecule has 134 valence electrons. The fraction of sp³-hybridized carbons (Fsp3) is 0.412. The second-order valence-electron chi connectivity index (χ2n) is 5.83. The predicted molar refractivity (Wildman–Crippen MR) is 94.8 cm³/mol. The normalized spacial score (nSPS) is 18.1. The monoisotopic (exact) mass is 382 g/mol. The highest BCUT2D eigenvalue weighted by molar-refractivity contribution is 7.93. The molecule has 25 heavy (non-hydrogen) atoms. The molecule has 0 radical (unpaired) electrons. The summed E-state index contributed by atoms with van der Waals surface area (Å²) in [6, 6.07) is 6.98. The molecule has 1 unspecified atom stereocenters. The molecule has 1 aromatic rings. The van der Waals surface area contributed by atoms with Crippen LogP contribution in [-0.4, -0.2) is 38.8 Å². The number of sulfone groups is 1. The molecule has 8 heteroatoms. The first-order chi connectivity index (χ1) is 11.8. The van der Waals surface area contributed by atoms with Crippen LogP contribution in [0.1, 0.15) is 36.4 Å². The highest BCUT2D eigenvalue weighted by atomic mass is 35.5. The van der Waals surface area contributed by atoms with E-state index in [4.69, 9.17) is 21.6 Å². The van der Waals surface area contributed by atoms with E-state index in [-0.39, 0.29) is 12.6 Å². The van der Waals surface area contributed by atoms with Crippen LogP contribution in [0.2, 0.25) is 5.02 Å². The number of ether oxygens (including phenoxy) is 1. The smallest absolute Gasteiger partial charge is 0.410 e. The molecule has 0 saturated carbocycles. The van der Waals surface area contributed by atoms with Crippen molar-refractivity contribution in [3.8, 4) is 6.07 Å². The van der Waals surface area contributed by atoms with Gasteiger partial charge >= 0.3 is 6.09 Å². The first kappa shape index (κ1) is 19.3. The number of carbonyl (C=O) groups is 1. The van der Waals surface area contributed by atoms with Gasteiger partial charge in [0, 0.05) is 18.2 Å². The van der Waals surface area contributed by atoms with Gasteiger partial charge in [-0.1, -0.05) is 17.7 Å². The van der Waals surface area contributed by atoms with Crippen molar-refractivity contribution in [2.45, 2.75) is 25.3 Å². The van der Waals surface area contributed by atoms with Crippen molar-refractivity contribution in [1.29, 1.82) is 5.26 Å². The van der Waals surface area contributed by atoms with E-state index < -0.39 is 15.9 Å². The quantitative estimate of drug-likeness (QED) is 0.795. The summed E-state index contributed by atoms with van der Waals surface area (Å²) in [5, 5.41) is 10.3. The first-order valence-electron chi connectivity index (χ1n) is 7.81. The first-order valence-corrected chi connectivity index (χ1v) is 10.1. The van der Waals surface area contributed by atoms with E-state index in [1.54, 1.807) is 23.1 Å². The summed E-state index contributed by atoms with van der Waals surface area (Å²) < 4.78 is 27.2. The van der Waals surface area contributed by atoms with E-state index in [0.29, 0.717) is 17.1 Å². The van der Waals surface area contributed by atoms with Crippen molar-refractivity contribution >= 4 is 27.5 Å². The molecule has 1 atom stereocenters. The third-order valence-corrected chi connectivity index (χ3v) is 4.88. The number of rotatable bonds is 4. The van der Waals surface area contributed by atoms with Crippen LogP contribution in [0.15, 0.2) is 29.7 Å². The lowest BCUT2D eigenvalue weighted by Gasteiger charge is -2.35. The molecular formula is C17H19ClN2O4S. The molecule has 1 heterocycles. The second-order valence-corrected chi connectivity index (χ2v) is 8.17. The Morgan fingerprint density at radius 2 is 2.24 bits per heavy atom. The number of amides is 1. The summed E-state index contributed by atoms with van der Waals surface area (Å²) in [7, 11) is -3.24. The molecule has 6 nitrogen and oxygen atoms in total. The summed E-state index contributed by atoms with van der Waals surface area (Å²) in [4.78, 5) is 14.0. The number of likely N-dealkylation sites (tertiary alicyclic amines) is 1. The number of benzene rings is 1. The van der Waals surface area contributed by atoms with Gasteiger partial charge < -0.3 is 9.64 Å². The molecule has 1 aliphatic rings. The van der Waals surface area contributed by atoms with Gasteiger partial charge in [-0.25, -0.2) is 13.2 Å². The van der Waals surface area contributed by atoms with Gasteiger partial charge in [0.15, 0.2) is 9.84 Å². The SMILES string of the molecule is CS(=O)(=O)/C=C/COC(=O)N1CCCCC1c1ccc(C#N)c(Cl)c1. The maximum absolute atomic E-state index is 12.3. The number of halogens is 1. The van der Waals surface area contributed by atoms with Gasteiger partial charge in [0.25, 0.3) is 0 Å². The zero-order valence-corrected chi connectivity index (χ0v) is 15.4. The standard InChI is InChI=1S/C17H19ClN2O4S/c1-25(22,23)10-4-9-24-17(21)20-8-3-2-5-16(20)13-6-7-14(12-19)15(18)11-13/h4,6-7,10-11,16H,2-3,5,8-9H2,1H3/b10-4+. The van der Waals surface area contributed by atoms with Crippen LogP contribution in [0.4, 0.5) is 4.79 Å². The number of nitriles is 1. The fourth-order valence-corrected chi connectivity index (χ4v) is 3.40. The van der Waals surface area contributed by atoms with E-state index in [2.05, 4.69) is 0 Å². The number of nitrogens with zero attached hydrogens (tertiary/aromatic N) is 2. The third-order valence-electron chi connectivity index (χ3n) is 3.88. The molecule has 1 aromatic carbocycles. The lowest BCUT2D eigenvalue weighted by atomic mass is 9.95. The van der Waals surface area contributed by atoms with E-state index in [1.807, 2.05) is 6.07 Å². The fourth-order valence-electron chi connectivity index (χ4n) is 2.74. The molecule has 1 fully saturated rings. The Morgan fingerprint density at radius 3 is 2.88 bits per heavy atom. The van der Waals surface area contributed by atoms with E-state index in [9.17, 15) is 13.2 Å². The Kier molecular flexibility index (Phi) is 6.45. The molecule has 0 aliphatic carbocycles. The topological polar surface area (TPSA) is 87.5 Å². The van der Waals surface area contributed by atoms with Crippen molar-refractivity contribution in [1.82, 2.24) is 4.90 Å². The Morgan fingerprint density at radius 1 is 1.48 bits per heavy atom. The minimum absolute atomic E-state index is 0.108. The largest absolute Gasteiger partial charge is 0.445 e. The van der Waals surface area contributed by atoms with Crippen LogP contribution in [-0.2, 0) is 14.6 Å². The second kappa shape index (κ2) is 8.37. The number of piperidine rings is 1. The maximum Gasteiger partial charge on any atom is 0.410 e. The molecule has 1 amide bonds. The number of hydrogen-bond donors (Lipinski definition) is 0. The number of carbonyl (C=O) groups excluding carboxylic acids is 1. The van der Waals surface area contributed by atoms with E-state index in [1.165, 1.54) is 6.08 Å². The molecule has 0 bridgehead atoms. The minimum Gasteiger partial charge on any atom is -0.445 e. The lowest BCUT2D eigenvalue weighted by molar-refractivity contribution is 0.0806. The van der Waals surface area contributed by atoms with Gasteiger partial charge in [-0.15, -0.1) is 0 Å². The van der Waals surface area contributed by atoms with Crippen LogP contribution >= 0.6 is 11.6 Å². The van der Waals surface area contributed by atoms with Gasteiger partial charge in [0.2, 0.25) is 0 Å². The van der Waals surface area contributed by atoms with Crippen LogP contribution in [0.3, 0.4) is 0 Å². The van der Waals surface area contributed by atoms with Crippen molar-refractivity contribution < 1.29 is 17.9 Å². The summed E-state index contributed by atoms with van der Waals surface area (Å²) in [5.74, 6) is 0. The average Bonchev–Trinajstić information content (AvgIpc) is 2.57. The highest BCUT2D eigenvalue weighted by Crippen LogP contribution is 2.33. The average molecular weight is 383 g/mol. The summed E-state index contributed by atoms with van der Waals surface area (Å²) in [5.41, 5.74) is 1.24. The van der Waals surface area contributed by atoms with Crippen molar-refractivity contribution in [3.05, 3.63) is 45.8 Å². The molecule has 0 aromatic heterocycles. The third kappa shape index (κ3) is 5.48. The lowest BCUT2D eigenvalue weighted by Crippen LogP contribution is -2.38. The Labute approximate surface area is 152 Å². The van der Waals surface area contributed by atoms with Crippen molar-refractivity contribution in [2.24, 2.45) is 0 Å². The van der Waals surface area contributed by atoms with E-state index in [0.717, 1.165) is 36.5 Å². The predicted octanol–water partition coefficient (Wildman–Crippen LogP) is 3.43. The maximum atomic E-state index is 12.3. The number of hydrogen-bond acceptors (Lipinski definition) is 5. The summed E-state index contributed by atoms with van der Waals surface area (Å²) >= 11 is 6.10. The van der Waals surface area contributed by atoms with Crippen LogP contribution in [0.5, 0.6) is 0 Å². The van der Waals surface area contributed by atoms with Crippen LogP contribution < -0.4 is 0 Å². The molecule has 1 saturated heterocycles. The summed E-state index contributed by atoms with van der Waals surface area (Å²) in [6.07, 6.45) is 4.49.